The molecular weight excluding hydrogens is 250 g/mol. The molecular formula is C14H18ClNO2. The van der Waals surface area contributed by atoms with Crippen LogP contribution in [0.4, 0.5) is 0 Å². The van der Waals surface area contributed by atoms with Crippen molar-refractivity contribution in [1.29, 1.82) is 0 Å². The van der Waals surface area contributed by atoms with E-state index in [2.05, 4.69) is 0 Å². The van der Waals surface area contributed by atoms with Crippen molar-refractivity contribution in [2.24, 2.45) is 0 Å². The Morgan fingerprint density at radius 1 is 1.56 bits per heavy atom. The van der Waals surface area contributed by atoms with E-state index in [1.807, 2.05) is 31.3 Å². The number of likely N-dealkylation sites (N-methyl/N-ethyl adjacent to an activating group) is 1. The fourth-order valence-corrected chi connectivity index (χ4v) is 2.35. The summed E-state index contributed by atoms with van der Waals surface area (Å²) in [6, 6.07) is 7.46. The van der Waals surface area contributed by atoms with Crippen LogP contribution in [0.15, 0.2) is 24.3 Å². The summed E-state index contributed by atoms with van der Waals surface area (Å²) in [5.41, 5.74) is 1.65. The minimum atomic E-state index is 0.0254. The molecule has 1 aromatic rings. The first kappa shape index (κ1) is 13.4. The van der Waals surface area contributed by atoms with Gasteiger partial charge in [0.05, 0.1) is 6.10 Å². The summed E-state index contributed by atoms with van der Waals surface area (Å²) in [6.07, 6.45) is 2.32. The Morgan fingerprint density at radius 2 is 2.39 bits per heavy atom. The van der Waals surface area contributed by atoms with E-state index in [0.29, 0.717) is 18.0 Å². The highest BCUT2D eigenvalue weighted by molar-refractivity contribution is 6.17. The Balaban J connectivity index is 2.00. The monoisotopic (exact) mass is 267 g/mol. The zero-order valence-electron chi connectivity index (χ0n) is 10.6. The second kappa shape index (κ2) is 6.21. The van der Waals surface area contributed by atoms with E-state index in [1.54, 1.807) is 4.90 Å². The average Bonchev–Trinajstić information content (AvgIpc) is 2.90. The molecule has 0 saturated carbocycles. The first-order chi connectivity index (χ1) is 8.70. The number of hydrogen-bond donors (Lipinski definition) is 0. The number of carbonyl (C=O) groups is 1. The molecule has 3 nitrogen and oxygen atoms in total. The molecule has 0 aromatic heterocycles. The normalized spacial score (nSPS) is 18.9. The van der Waals surface area contributed by atoms with Gasteiger partial charge in [-0.15, -0.1) is 11.6 Å². The average molecular weight is 268 g/mol. The Kier molecular flexibility index (Phi) is 4.61. The molecule has 1 saturated heterocycles. The summed E-state index contributed by atoms with van der Waals surface area (Å²) in [5, 5.41) is 0. The van der Waals surface area contributed by atoms with Crippen molar-refractivity contribution in [3.8, 4) is 0 Å². The predicted molar refractivity (Wildman–Crippen MR) is 71.9 cm³/mol. The van der Waals surface area contributed by atoms with E-state index in [0.717, 1.165) is 25.0 Å². The van der Waals surface area contributed by atoms with Crippen molar-refractivity contribution in [3.63, 3.8) is 0 Å². The van der Waals surface area contributed by atoms with Crippen LogP contribution in [-0.4, -0.2) is 37.1 Å². The molecule has 2 rings (SSSR count). The zero-order chi connectivity index (χ0) is 13.0. The topological polar surface area (TPSA) is 29.5 Å². The minimum absolute atomic E-state index is 0.0254. The van der Waals surface area contributed by atoms with Crippen LogP contribution in [-0.2, 0) is 10.6 Å². The first-order valence-corrected chi connectivity index (χ1v) is 6.76. The summed E-state index contributed by atoms with van der Waals surface area (Å²) in [7, 11) is 1.82. The minimum Gasteiger partial charge on any atom is -0.376 e. The lowest BCUT2D eigenvalue weighted by atomic mass is 10.1. The van der Waals surface area contributed by atoms with Gasteiger partial charge in [-0.1, -0.05) is 12.1 Å². The molecule has 4 heteroatoms. The van der Waals surface area contributed by atoms with Gasteiger partial charge in [-0.3, -0.25) is 4.79 Å². The second-order valence-corrected chi connectivity index (χ2v) is 4.92. The summed E-state index contributed by atoms with van der Waals surface area (Å²) >= 11 is 5.78. The molecule has 1 heterocycles. The Hall–Kier alpha value is -1.06. The van der Waals surface area contributed by atoms with Crippen LogP contribution < -0.4 is 0 Å². The van der Waals surface area contributed by atoms with E-state index in [9.17, 15) is 4.79 Å². The zero-order valence-corrected chi connectivity index (χ0v) is 11.3. The number of hydrogen-bond acceptors (Lipinski definition) is 2. The van der Waals surface area contributed by atoms with Crippen molar-refractivity contribution in [3.05, 3.63) is 35.4 Å². The number of alkyl halides is 1. The van der Waals surface area contributed by atoms with Crippen molar-refractivity contribution < 1.29 is 9.53 Å². The number of nitrogens with zero attached hydrogens (tertiary/aromatic N) is 1. The number of benzene rings is 1. The molecule has 1 atom stereocenters. The Morgan fingerprint density at radius 3 is 3.06 bits per heavy atom. The van der Waals surface area contributed by atoms with E-state index >= 15 is 0 Å². The standard InChI is InChI=1S/C14H18ClNO2/c1-16(10-13-6-3-7-18-13)14(17)12-5-2-4-11(8-12)9-15/h2,4-5,8,13H,3,6-7,9-10H2,1H3. The van der Waals surface area contributed by atoms with Gasteiger partial charge in [0, 0.05) is 31.6 Å². The number of rotatable bonds is 4. The van der Waals surface area contributed by atoms with Crippen LogP contribution >= 0.6 is 11.6 Å². The summed E-state index contributed by atoms with van der Waals surface area (Å²) in [4.78, 5) is 14.0. The van der Waals surface area contributed by atoms with E-state index < -0.39 is 0 Å². The highest BCUT2D eigenvalue weighted by Crippen LogP contribution is 2.15. The van der Waals surface area contributed by atoms with E-state index in [4.69, 9.17) is 16.3 Å². The molecule has 1 aliphatic heterocycles. The van der Waals surface area contributed by atoms with E-state index in [-0.39, 0.29) is 12.0 Å². The van der Waals surface area contributed by atoms with Crippen LogP contribution in [0, 0.1) is 0 Å². The quantitative estimate of drug-likeness (QED) is 0.785. The molecule has 0 aliphatic carbocycles. The molecule has 0 radical (unpaired) electrons. The summed E-state index contributed by atoms with van der Waals surface area (Å²) in [5.74, 6) is 0.453. The van der Waals surface area contributed by atoms with Crippen LogP contribution in [0.5, 0.6) is 0 Å². The number of amides is 1. The Bertz CT molecular complexity index is 416. The third-order valence-electron chi connectivity index (χ3n) is 3.18. The number of carbonyl (C=O) groups excluding carboxylic acids is 1. The summed E-state index contributed by atoms with van der Waals surface area (Å²) in [6.45, 7) is 1.47. The number of ether oxygens (including phenoxy) is 1. The third-order valence-corrected chi connectivity index (χ3v) is 3.49. The molecule has 1 fully saturated rings. The maximum absolute atomic E-state index is 12.2. The molecule has 1 amide bonds. The maximum Gasteiger partial charge on any atom is 0.253 e. The van der Waals surface area contributed by atoms with Crippen molar-refractivity contribution in [2.45, 2.75) is 24.8 Å². The fourth-order valence-electron chi connectivity index (χ4n) is 2.18. The summed E-state index contributed by atoms with van der Waals surface area (Å²) < 4.78 is 5.54. The molecule has 0 bridgehead atoms. The Labute approximate surface area is 113 Å². The van der Waals surface area contributed by atoms with Crippen LogP contribution in [0.1, 0.15) is 28.8 Å². The first-order valence-electron chi connectivity index (χ1n) is 6.22. The van der Waals surface area contributed by atoms with Gasteiger partial charge >= 0.3 is 0 Å². The molecule has 0 N–H and O–H groups in total. The van der Waals surface area contributed by atoms with Gasteiger partial charge in [0.2, 0.25) is 0 Å². The van der Waals surface area contributed by atoms with Gasteiger partial charge in [0.1, 0.15) is 0 Å². The van der Waals surface area contributed by atoms with Gasteiger partial charge in [0.15, 0.2) is 0 Å². The van der Waals surface area contributed by atoms with Gasteiger partial charge in [-0.05, 0) is 30.5 Å². The lowest BCUT2D eigenvalue weighted by molar-refractivity contribution is 0.0587. The predicted octanol–water partition coefficient (Wildman–Crippen LogP) is 2.68. The van der Waals surface area contributed by atoms with Crippen LogP contribution in [0.3, 0.4) is 0 Å². The molecule has 98 valence electrons. The largest absolute Gasteiger partial charge is 0.376 e. The lowest BCUT2D eigenvalue weighted by Crippen LogP contribution is -2.34. The fraction of sp³-hybridized carbons (Fsp3) is 0.500. The van der Waals surface area contributed by atoms with Gasteiger partial charge in [-0.25, -0.2) is 0 Å². The SMILES string of the molecule is CN(CC1CCCO1)C(=O)c1cccc(CCl)c1. The van der Waals surface area contributed by atoms with Crippen molar-refractivity contribution in [2.75, 3.05) is 20.2 Å². The highest BCUT2D eigenvalue weighted by atomic mass is 35.5. The highest BCUT2D eigenvalue weighted by Gasteiger charge is 2.20. The van der Waals surface area contributed by atoms with E-state index in [1.165, 1.54) is 0 Å². The number of halogens is 1. The lowest BCUT2D eigenvalue weighted by Gasteiger charge is -2.21. The molecule has 18 heavy (non-hydrogen) atoms. The molecule has 1 aliphatic rings. The second-order valence-electron chi connectivity index (χ2n) is 4.65. The smallest absolute Gasteiger partial charge is 0.253 e. The van der Waals surface area contributed by atoms with Gasteiger partial charge in [-0.2, -0.15) is 0 Å². The van der Waals surface area contributed by atoms with Crippen LogP contribution in [0.2, 0.25) is 0 Å². The molecule has 0 spiro atoms. The van der Waals surface area contributed by atoms with Crippen molar-refractivity contribution >= 4 is 17.5 Å². The van der Waals surface area contributed by atoms with Gasteiger partial charge in [0.25, 0.3) is 5.91 Å². The van der Waals surface area contributed by atoms with Crippen molar-refractivity contribution in [1.82, 2.24) is 4.90 Å². The van der Waals surface area contributed by atoms with Crippen LogP contribution in [0.25, 0.3) is 0 Å². The molecule has 1 aromatic carbocycles. The maximum atomic E-state index is 12.2. The molecule has 1 unspecified atom stereocenters. The third kappa shape index (κ3) is 3.24. The van der Waals surface area contributed by atoms with Gasteiger partial charge < -0.3 is 9.64 Å².